The molecule has 5 nitrogen and oxygen atoms in total. The number of amidine groups is 1. The van der Waals surface area contributed by atoms with Crippen LogP contribution in [0, 0.1) is 0 Å². The summed E-state index contributed by atoms with van der Waals surface area (Å²) in [5, 5.41) is 3.60. The van der Waals surface area contributed by atoms with Crippen molar-refractivity contribution in [1.82, 2.24) is 5.53 Å². The molecule has 0 saturated carbocycles. The van der Waals surface area contributed by atoms with Gasteiger partial charge in [-0.05, 0) is 0 Å². The Balaban J connectivity index is 3.38. The molecule has 5 N–H and O–H groups in total. The van der Waals surface area contributed by atoms with Crippen LogP contribution in [-0.2, 0) is 4.79 Å². The summed E-state index contributed by atoms with van der Waals surface area (Å²) in [6, 6.07) is 0. The highest BCUT2D eigenvalue weighted by atomic mass is 32.2. The minimum atomic E-state index is 0.0820. The van der Waals surface area contributed by atoms with E-state index in [4.69, 9.17) is 11.6 Å². The van der Waals surface area contributed by atoms with E-state index in [1.807, 2.05) is 0 Å². The molecule has 0 bridgehead atoms. The summed E-state index contributed by atoms with van der Waals surface area (Å²) in [4.78, 5) is 10.4. The van der Waals surface area contributed by atoms with E-state index in [0.29, 0.717) is 18.0 Å². The van der Waals surface area contributed by atoms with Crippen LogP contribution < -0.4 is 17.1 Å². The number of hydrazone groups is 1. The molecule has 0 fully saturated rings. The molecular weight excluding hydrogens is 164 g/mol. The number of nitrogens with zero attached hydrogens (tertiary/aromatic N) is 1. The zero-order valence-corrected chi connectivity index (χ0v) is 7.15. The zero-order chi connectivity index (χ0) is 8.69. The Labute approximate surface area is 69.5 Å². The predicted octanol–water partition coefficient (Wildman–Crippen LogP) is -0.608. The Morgan fingerprint density at radius 3 is 2.82 bits per heavy atom. The minimum absolute atomic E-state index is 0.0820. The smallest absolute Gasteiger partial charge is 0.185 e. The fraction of sp³-hybridized carbons (Fsp3) is 0.600. The van der Waals surface area contributed by atoms with Crippen molar-refractivity contribution in [2.24, 2.45) is 16.7 Å². The van der Waals surface area contributed by atoms with Crippen molar-refractivity contribution in [1.29, 1.82) is 0 Å². The maximum Gasteiger partial charge on any atom is 0.185 e. The number of nitrogens with two attached hydrogens (primary N) is 2. The van der Waals surface area contributed by atoms with Crippen molar-refractivity contribution < 1.29 is 4.79 Å². The Morgan fingerprint density at radius 2 is 2.36 bits per heavy atom. The van der Waals surface area contributed by atoms with Crippen molar-refractivity contribution in [2.45, 2.75) is 13.3 Å². The van der Waals surface area contributed by atoms with E-state index in [0.717, 1.165) is 0 Å². The van der Waals surface area contributed by atoms with Gasteiger partial charge >= 0.3 is 0 Å². The number of carbonyl (C=O) groups excluding carboxylic acids is 1. The molecule has 0 saturated heterocycles. The van der Waals surface area contributed by atoms with E-state index < -0.39 is 0 Å². The largest absolute Gasteiger partial charge is 0.386 e. The molecule has 0 unspecified atom stereocenters. The Bertz CT molecular complexity index is 159. The topological polar surface area (TPSA) is 93.5 Å². The molecule has 0 atom stereocenters. The van der Waals surface area contributed by atoms with Crippen molar-refractivity contribution in [3.8, 4) is 0 Å². The van der Waals surface area contributed by atoms with Crippen LogP contribution in [0.15, 0.2) is 5.10 Å². The van der Waals surface area contributed by atoms with Crippen LogP contribution in [0.25, 0.3) is 0 Å². The molecule has 0 aliphatic carbocycles. The Morgan fingerprint density at radius 1 is 1.73 bits per heavy atom. The quantitative estimate of drug-likeness (QED) is 0.230. The highest BCUT2D eigenvalue weighted by Crippen LogP contribution is 2.02. The first kappa shape index (κ1) is 10.2. The van der Waals surface area contributed by atoms with E-state index in [-0.39, 0.29) is 5.12 Å². The van der Waals surface area contributed by atoms with Crippen LogP contribution in [0.3, 0.4) is 0 Å². The van der Waals surface area contributed by atoms with Gasteiger partial charge in [-0.3, -0.25) is 4.79 Å². The van der Waals surface area contributed by atoms with Gasteiger partial charge in [0.15, 0.2) is 5.12 Å². The standard InChI is InChI=1S/C5H12N4OS/c1-4(10)11-3-2-5(6)8-9-7/h9H,2-3,7H2,1H3,(H2,6,8). The highest BCUT2D eigenvalue weighted by molar-refractivity contribution is 8.13. The van der Waals surface area contributed by atoms with Gasteiger partial charge in [-0.2, -0.15) is 5.10 Å². The molecule has 0 aliphatic rings. The van der Waals surface area contributed by atoms with E-state index in [2.05, 4.69) is 10.6 Å². The molecule has 0 rings (SSSR count). The maximum atomic E-state index is 10.4. The molecule has 0 amide bonds. The molecule has 0 radical (unpaired) electrons. The molecule has 0 aliphatic heterocycles. The summed E-state index contributed by atoms with van der Waals surface area (Å²) < 4.78 is 0. The Hall–Kier alpha value is -0.750. The maximum absolute atomic E-state index is 10.4. The van der Waals surface area contributed by atoms with E-state index in [1.54, 1.807) is 0 Å². The molecule has 64 valence electrons. The van der Waals surface area contributed by atoms with Gasteiger partial charge < -0.3 is 5.73 Å². The number of hydrogen-bond acceptors (Lipinski definition) is 5. The van der Waals surface area contributed by atoms with Gasteiger partial charge in [-0.25, -0.2) is 11.4 Å². The molecule has 0 aromatic rings. The lowest BCUT2D eigenvalue weighted by molar-refractivity contribution is -0.109. The lowest BCUT2D eigenvalue weighted by Crippen LogP contribution is -2.22. The van der Waals surface area contributed by atoms with Crippen LogP contribution in [0.1, 0.15) is 13.3 Å². The van der Waals surface area contributed by atoms with Crippen LogP contribution in [0.4, 0.5) is 0 Å². The van der Waals surface area contributed by atoms with Crippen LogP contribution in [0.5, 0.6) is 0 Å². The number of thioether (sulfide) groups is 1. The van der Waals surface area contributed by atoms with Gasteiger partial charge in [0.2, 0.25) is 0 Å². The predicted molar refractivity (Wildman–Crippen MR) is 46.7 cm³/mol. The first-order valence-electron chi connectivity index (χ1n) is 3.08. The molecule has 0 aromatic carbocycles. The summed E-state index contributed by atoms with van der Waals surface area (Å²) >= 11 is 1.22. The molecule has 0 aromatic heterocycles. The molecule has 6 heteroatoms. The van der Waals surface area contributed by atoms with Gasteiger partial charge in [-0.15, -0.1) is 0 Å². The van der Waals surface area contributed by atoms with Gasteiger partial charge in [0.25, 0.3) is 0 Å². The number of rotatable bonds is 4. The summed E-state index contributed by atoms with van der Waals surface area (Å²) in [6.45, 7) is 1.51. The molecule has 11 heavy (non-hydrogen) atoms. The third-order valence-electron chi connectivity index (χ3n) is 0.872. The fourth-order valence-corrected chi connectivity index (χ4v) is 1.04. The van der Waals surface area contributed by atoms with Gasteiger partial charge in [-0.1, -0.05) is 11.8 Å². The third-order valence-corrected chi connectivity index (χ3v) is 1.69. The molecular formula is C5H12N4OS. The van der Waals surface area contributed by atoms with E-state index >= 15 is 0 Å². The van der Waals surface area contributed by atoms with Gasteiger partial charge in [0.05, 0.1) is 0 Å². The SMILES string of the molecule is CC(=O)SCC/C(N)=N/NN. The second-order valence-electron chi connectivity index (χ2n) is 1.82. The fourth-order valence-electron chi connectivity index (χ4n) is 0.438. The van der Waals surface area contributed by atoms with Crippen LogP contribution in [-0.4, -0.2) is 16.7 Å². The lowest BCUT2D eigenvalue weighted by atomic mass is 10.5. The number of nitrogens with one attached hydrogen (secondary N) is 1. The number of carbonyl (C=O) groups is 1. The van der Waals surface area contributed by atoms with Crippen molar-refractivity contribution >= 4 is 22.7 Å². The first-order valence-corrected chi connectivity index (χ1v) is 4.06. The zero-order valence-electron chi connectivity index (χ0n) is 6.33. The average Bonchev–Trinajstić information content (AvgIpc) is 1.87. The summed E-state index contributed by atoms with van der Waals surface area (Å²) in [5.41, 5.74) is 7.43. The summed E-state index contributed by atoms with van der Waals surface area (Å²) in [6.07, 6.45) is 0.564. The molecule has 0 spiro atoms. The van der Waals surface area contributed by atoms with Crippen LogP contribution >= 0.6 is 11.8 Å². The van der Waals surface area contributed by atoms with Gasteiger partial charge in [0, 0.05) is 19.1 Å². The van der Waals surface area contributed by atoms with Gasteiger partial charge in [0.1, 0.15) is 5.84 Å². The molecule has 0 heterocycles. The summed E-state index contributed by atoms with van der Waals surface area (Å²) in [7, 11) is 0. The first-order chi connectivity index (χ1) is 5.16. The van der Waals surface area contributed by atoms with Crippen molar-refractivity contribution in [3.05, 3.63) is 0 Å². The Kier molecular flexibility index (Phi) is 5.58. The minimum Gasteiger partial charge on any atom is -0.386 e. The van der Waals surface area contributed by atoms with Crippen molar-refractivity contribution in [3.63, 3.8) is 0 Å². The lowest BCUT2D eigenvalue weighted by Gasteiger charge is -1.97. The monoisotopic (exact) mass is 176 g/mol. The van der Waals surface area contributed by atoms with E-state index in [9.17, 15) is 4.79 Å². The van der Waals surface area contributed by atoms with Crippen molar-refractivity contribution in [2.75, 3.05) is 5.75 Å². The third kappa shape index (κ3) is 7.14. The van der Waals surface area contributed by atoms with Crippen LogP contribution in [0.2, 0.25) is 0 Å². The average molecular weight is 176 g/mol. The highest BCUT2D eigenvalue weighted by Gasteiger charge is 1.95. The van der Waals surface area contributed by atoms with E-state index in [1.165, 1.54) is 18.7 Å². The summed E-state index contributed by atoms with van der Waals surface area (Å²) in [5.74, 6) is 5.92. The second-order valence-corrected chi connectivity index (χ2v) is 3.09. The number of hydrogen-bond donors (Lipinski definition) is 3. The normalized spacial score (nSPS) is 11.3. The second kappa shape index (κ2) is 5.99. The number of hydrazine groups is 1.